The molecule has 1 heteroatoms. The lowest BCUT2D eigenvalue weighted by Crippen LogP contribution is -1.91. The maximum atomic E-state index is 6.76. The number of rotatable bonds is 5. The minimum atomic E-state index is 0.917. The summed E-state index contributed by atoms with van der Waals surface area (Å²) in [6.07, 6.45) is 0. The number of furan rings is 1. The summed E-state index contributed by atoms with van der Waals surface area (Å²) in [6.45, 7) is 0. The van der Waals surface area contributed by atoms with Gasteiger partial charge in [-0.15, -0.1) is 0 Å². The zero-order chi connectivity index (χ0) is 36.3. The summed E-state index contributed by atoms with van der Waals surface area (Å²) >= 11 is 0. The third-order valence-corrected chi connectivity index (χ3v) is 11.3. The van der Waals surface area contributed by atoms with Crippen LogP contribution in [0.25, 0.3) is 110 Å². The Hall–Kier alpha value is -7.22. The highest BCUT2D eigenvalue weighted by molar-refractivity contribution is 6.21. The predicted octanol–water partition coefficient (Wildman–Crippen LogP) is 15.4. The second-order valence-corrected chi connectivity index (χ2v) is 14.4. The van der Waals surface area contributed by atoms with Crippen molar-refractivity contribution in [2.75, 3.05) is 0 Å². The van der Waals surface area contributed by atoms with E-state index in [2.05, 4.69) is 206 Å². The first-order valence-corrected chi connectivity index (χ1v) is 18.9. The van der Waals surface area contributed by atoms with Gasteiger partial charge in [-0.3, -0.25) is 0 Å². The Morgan fingerprint density at radius 1 is 0.236 bits per heavy atom. The highest BCUT2D eigenvalue weighted by atomic mass is 16.3. The SMILES string of the molecule is c1ccc(-c2cccc3c2oc2c(-c4ccc(-c5c6ccccc6c(-c6ccc(-c7ccc8ccccc8c7)cc6)c6ccccc56)cc4)cccc23)cc1. The molecule has 1 aromatic heterocycles. The average Bonchev–Trinajstić information content (AvgIpc) is 3.65. The second kappa shape index (κ2) is 12.7. The Kier molecular flexibility index (Phi) is 7.25. The third kappa shape index (κ3) is 5.16. The van der Waals surface area contributed by atoms with Gasteiger partial charge in [0.15, 0.2) is 0 Å². The lowest BCUT2D eigenvalue weighted by molar-refractivity contribution is 0.671. The molecule has 256 valence electrons. The first-order chi connectivity index (χ1) is 27.3. The van der Waals surface area contributed by atoms with E-state index >= 15 is 0 Å². The number of benzene rings is 10. The molecule has 1 heterocycles. The van der Waals surface area contributed by atoms with Crippen molar-refractivity contribution in [2.24, 2.45) is 0 Å². The van der Waals surface area contributed by atoms with E-state index in [-0.39, 0.29) is 0 Å². The molecule has 0 radical (unpaired) electrons. The maximum Gasteiger partial charge on any atom is 0.143 e. The molecule has 0 bridgehead atoms. The summed E-state index contributed by atoms with van der Waals surface area (Å²) < 4.78 is 6.76. The molecule has 11 rings (SSSR count). The fourth-order valence-electron chi connectivity index (χ4n) is 8.66. The monoisotopic (exact) mass is 698 g/mol. The summed E-state index contributed by atoms with van der Waals surface area (Å²) in [6, 6.07) is 74.6. The van der Waals surface area contributed by atoms with E-state index in [1.54, 1.807) is 0 Å². The van der Waals surface area contributed by atoms with Gasteiger partial charge >= 0.3 is 0 Å². The van der Waals surface area contributed by atoms with Gasteiger partial charge in [-0.05, 0) is 82.9 Å². The molecular weight excluding hydrogens is 665 g/mol. The van der Waals surface area contributed by atoms with Gasteiger partial charge in [-0.25, -0.2) is 0 Å². The van der Waals surface area contributed by atoms with Crippen LogP contribution < -0.4 is 0 Å². The molecule has 0 N–H and O–H groups in total. The van der Waals surface area contributed by atoms with Crippen LogP contribution in [0, 0.1) is 0 Å². The van der Waals surface area contributed by atoms with Crippen molar-refractivity contribution in [3.8, 4) is 55.6 Å². The first-order valence-electron chi connectivity index (χ1n) is 18.9. The Morgan fingerprint density at radius 2 is 0.636 bits per heavy atom. The zero-order valence-corrected chi connectivity index (χ0v) is 30.0. The zero-order valence-electron chi connectivity index (χ0n) is 30.0. The van der Waals surface area contributed by atoms with E-state index in [4.69, 9.17) is 4.42 Å². The largest absolute Gasteiger partial charge is 0.455 e. The molecule has 0 saturated carbocycles. The molecular formula is C54H34O. The van der Waals surface area contributed by atoms with Crippen LogP contribution in [0.2, 0.25) is 0 Å². The van der Waals surface area contributed by atoms with Crippen LogP contribution in [0.1, 0.15) is 0 Å². The normalized spacial score (nSPS) is 11.6. The highest BCUT2D eigenvalue weighted by Crippen LogP contribution is 2.45. The van der Waals surface area contributed by atoms with Crippen LogP contribution in [0.3, 0.4) is 0 Å². The summed E-state index contributed by atoms with van der Waals surface area (Å²) in [5, 5.41) is 9.78. The lowest BCUT2D eigenvalue weighted by atomic mass is 9.85. The Labute approximate surface area is 319 Å². The van der Waals surface area contributed by atoms with Gasteiger partial charge in [0.05, 0.1) is 0 Å². The molecule has 55 heavy (non-hydrogen) atoms. The standard InChI is InChI=1S/C54H34O/c1-2-13-37(14-3-1)43-20-10-22-49-50-23-11-21-44(54(50)55-53(43)49)38-27-31-40(32-28-38)52-47-18-8-6-16-45(47)51(46-17-7-9-19-48(46)52)39-29-24-36(25-30-39)42-33-26-35-12-4-5-15-41(35)34-42/h1-34H. The molecule has 1 nitrogen and oxygen atoms in total. The van der Waals surface area contributed by atoms with Crippen LogP contribution in [-0.4, -0.2) is 0 Å². The van der Waals surface area contributed by atoms with E-state index in [0.717, 1.165) is 44.2 Å². The predicted molar refractivity (Wildman–Crippen MR) is 233 cm³/mol. The van der Waals surface area contributed by atoms with Crippen molar-refractivity contribution >= 4 is 54.3 Å². The first kappa shape index (κ1) is 31.3. The third-order valence-electron chi connectivity index (χ3n) is 11.3. The Morgan fingerprint density at radius 3 is 1.18 bits per heavy atom. The van der Waals surface area contributed by atoms with Gasteiger partial charge < -0.3 is 4.42 Å². The van der Waals surface area contributed by atoms with E-state index in [1.807, 2.05) is 0 Å². The van der Waals surface area contributed by atoms with Crippen molar-refractivity contribution in [3.05, 3.63) is 206 Å². The second-order valence-electron chi connectivity index (χ2n) is 14.4. The van der Waals surface area contributed by atoms with Gasteiger partial charge in [0.1, 0.15) is 11.2 Å². The topological polar surface area (TPSA) is 13.1 Å². The smallest absolute Gasteiger partial charge is 0.143 e. The van der Waals surface area contributed by atoms with E-state index in [0.29, 0.717) is 0 Å². The molecule has 0 aliphatic rings. The number of para-hydroxylation sites is 2. The summed E-state index contributed by atoms with van der Waals surface area (Å²) in [4.78, 5) is 0. The van der Waals surface area contributed by atoms with Gasteiger partial charge in [0.2, 0.25) is 0 Å². The van der Waals surface area contributed by atoms with Gasteiger partial charge in [0, 0.05) is 21.9 Å². The van der Waals surface area contributed by atoms with Crippen molar-refractivity contribution in [1.29, 1.82) is 0 Å². The number of hydrogen-bond acceptors (Lipinski definition) is 1. The highest BCUT2D eigenvalue weighted by Gasteiger charge is 2.18. The van der Waals surface area contributed by atoms with Crippen molar-refractivity contribution in [3.63, 3.8) is 0 Å². The van der Waals surface area contributed by atoms with Crippen molar-refractivity contribution in [1.82, 2.24) is 0 Å². The quantitative estimate of drug-likeness (QED) is 0.163. The minimum Gasteiger partial charge on any atom is -0.455 e. The summed E-state index contributed by atoms with van der Waals surface area (Å²) in [5.41, 5.74) is 13.7. The summed E-state index contributed by atoms with van der Waals surface area (Å²) in [7, 11) is 0. The number of fused-ring (bicyclic) bond motifs is 6. The molecule has 11 aromatic rings. The van der Waals surface area contributed by atoms with E-state index < -0.39 is 0 Å². The molecule has 0 saturated heterocycles. The van der Waals surface area contributed by atoms with Crippen LogP contribution in [0.15, 0.2) is 211 Å². The maximum absolute atomic E-state index is 6.76. The molecule has 0 aliphatic carbocycles. The van der Waals surface area contributed by atoms with E-state index in [1.165, 1.54) is 65.7 Å². The van der Waals surface area contributed by atoms with E-state index in [9.17, 15) is 0 Å². The molecule has 0 atom stereocenters. The molecule has 0 spiro atoms. The molecule has 0 aliphatic heterocycles. The Balaban J connectivity index is 1.02. The van der Waals surface area contributed by atoms with Crippen LogP contribution in [0.5, 0.6) is 0 Å². The van der Waals surface area contributed by atoms with Gasteiger partial charge in [0.25, 0.3) is 0 Å². The summed E-state index contributed by atoms with van der Waals surface area (Å²) in [5.74, 6) is 0. The fraction of sp³-hybridized carbons (Fsp3) is 0. The van der Waals surface area contributed by atoms with Crippen LogP contribution >= 0.6 is 0 Å². The molecule has 0 fully saturated rings. The lowest BCUT2D eigenvalue weighted by Gasteiger charge is -2.18. The van der Waals surface area contributed by atoms with Crippen LogP contribution in [-0.2, 0) is 0 Å². The van der Waals surface area contributed by atoms with Gasteiger partial charge in [-0.2, -0.15) is 0 Å². The number of hydrogen-bond donors (Lipinski definition) is 0. The average molecular weight is 699 g/mol. The van der Waals surface area contributed by atoms with Crippen LogP contribution in [0.4, 0.5) is 0 Å². The fourth-order valence-corrected chi connectivity index (χ4v) is 8.66. The van der Waals surface area contributed by atoms with Crippen molar-refractivity contribution in [2.45, 2.75) is 0 Å². The minimum absolute atomic E-state index is 0.917. The Bertz CT molecular complexity index is 3170. The van der Waals surface area contributed by atoms with Crippen molar-refractivity contribution < 1.29 is 4.42 Å². The molecule has 0 unspecified atom stereocenters. The van der Waals surface area contributed by atoms with Gasteiger partial charge in [-0.1, -0.05) is 200 Å². The molecule has 0 amide bonds. The molecule has 10 aromatic carbocycles.